The van der Waals surface area contributed by atoms with E-state index in [4.69, 9.17) is 4.74 Å². The quantitative estimate of drug-likeness (QED) is 0.763. The highest BCUT2D eigenvalue weighted by Gasteiger charge is 2.27. The fourth-order valence-corrected chi connectivity index (χ4v) is 3.37. The first kappa shape index (κ1) is 16.8. The Hall–Kier alpha value is -2.60. The van der Waals surface area contributed by atoms with E-state index >= 15 is 0 Å². The molecule has 0 bridgehead atoms. The topological polar surface area (TPSA) is 63.7 Å². The summed E-state index contributed by atoms with van der Waals surface area (Å²) in [6.45, 7) is 3.33. The third-order valence-electron chi connectivity index (χ3n) is 3.24. The van der Waals surface area contributed by atoms with Gasteiger partial charge in [-0.25, -0.2) is 12.7 Å². The van der Waals surface area contributed by atoms with Crippen molar-refractivity contribution in [3.63, 3.8) is 0 Å². The molecule has 0 unspecified atom stereocenters. The predicted octanol–water partition coefficient (Wildman–Crippen LogP) is 2.60. The van der Waals surface area contributed by atoms with Gasteiger partial charge in [0.25, 0.3) is 15.9 Å². The lowest BCUT2D eigenvalue weighted by Crippen LogP contribution is -2.35. The van der Waals surface area contributed by atoms with Crippen LogP contribution in [0.25, 0.3) is 0 Å². The SMILES string of the molecule is C=CC(=O)N(Cc1ccccc1)S(=O)(=O)c1ccc(OC)cc1. The highest BCUT2D eigenvalue weighted by Crippen LogP contribution is 2.21. The summed E-state index contributed by atoms with van der Waals surface area (Å²) in [6, 6.07) is 14.8. The molecular formula is C17H17NO4S. The molecule has 0 N–H and O–H groups in total. The lowest BCUT2D eigenvalue weighted by Gasteiger charge is -2.21. The largest absolute Gasteiger partial charge is 0.497 e. The van der Waals surface area contributed by atoms with E-state index in [1.807, 2.05) is 6.07 Å². The normalized spacial score (nSPS) is 10.8. The molecule has 120 valence electrons. The number of amides is 1. The summed E-state index contributed by atoms with van der Waals surface area (Å²) in [4.78, 5) is 12.1. The van der Waals surface area contributed by atoms with Crippen LogP contribution in [0.4, 0.5) is 0 Å². The molecule has 1 amide bonds. The number of hydrogen-bond donors (Lipinski definition) is 0. The van der Waals surface area contributed by atoms with Gasteiger partial charge in [-0.1, -0.05) is 36.9 Å². The van der Waals surface area contributed by atoms with Crippen molar-refractivity contribution in [1.82, 2.24) is 4.31 Å². The maximum atomic E-state index is 12.8. The average molecular weight is 331 g/mol. The second-order valence-electron chi connectivity index (χ2n) is 4.72. The first-order valence-electron chi connectivity index (χ1n) is 6.86. The Kier molecular flexibility index (Phi) is 5.18. The van der Waals surface area contributed by atoms with Crippen molar-refractivity contribution < 1.29 is 17.9 Å². The van der Waals surface area contributed by atoms with Gasteiger partial charge in [-0.2, -0.15) is 0 Å². The minimum Gasteiger partial charge on any atom is -0.497 e. The van der Waals surface area contributed by atoms with E-state index in [2.05, 4.69) is 6.58 Å². The van der Waals surface area contributed by atoms with Gasteiger partial charge >= 0.3 is 0 Å². The molecule has 6 heteroatoms. The van der Waals surface area contributed by atoms with Crippen LogP contribution in [-0.4, -0.2) is 25.7 Å². The molecule has 0 aliphatic carbocycles. The first-order chi connectivity index (χ1) is 11.0. The van der Waals surface area contributed by atoms with Crippen molar-refractivity contribution in [2.75, 3.05) is 7.11 Å². The Balaban J connectivity index is 2.40. The smallest absolute Gasteiger partial charge is 0.267 e. The summed E-state index contributed by atoms with van der Waals surface area (Å²) in [5.74, 6) is -0.140. The van der Waals surface area contributed by atoms with E-state index in [0.29, 0.717) is 11.3 Å². The number of ether oxygens (including phenoxy) is 1. The summed E-state index contributed by atoms with van der Waals surface area (Å²) in [5.41, 5.74) is 0.708. The van der Waals surface area contributed by atoms with Gasteiger partial charge in [-0.15, -0.1) is 0 Å². The zero-order valence-electron chi connectivity index (χ0n) is 12.7. The van der Waals surface area contributed by atoms with Crippen molar-refractivity contribution >= 4 is 15.9 Å². The molecule has 0 radical (unpaired) electrons. The Morgan fingerprint density at radius 3 is 2.26 bits per heavy atom. The van der Waals surface area contributed by atoms with Crippen LogP contribution in [0.3, 0.4) is 0 Å². The van der Waals surface area contributed by atoms with Crippen LogP contribution < -0.4 is 4.74 Å². The Bertz CT molecular complexity index is 783. The van der Waals surface area contributed by atoms with Gasteiger partial charge in [0.15, 0.2) is 0 Å². The lowest BCUT2D eigenvalue weighted by molar-refractivity contribution is -0.121. The zero-order chi connectivity index (χ0) is 16.9. The number of methoxy groups -OCH3 is 1. The van der Waals surface area contributed by atoms with Gasteiger partial charge in [-0.05, 0) is 35.9 Å². The van der Waals surface area contributed by atoms with E-state index in [9.17, 15) is 13.2 Å². The Morgan fingerprint density at radius 1 is 1.13 bits per heavy atom. The summed E-state index contributed by atoms with van der Waals surface area (Å²) in [7, 11) is -2.49. The zero-order valence-corrected chi connectivity index (χ0v) is 13.5. The molecule has 2 rings (SSSR count). The monoisotopic (exact) mass is 331 g/mol. The minimum absolute atomic E-state index is 0.0180. The second kappa shape index (κ2) is 7.11. The standard InChI is InChI=1S/C17H17NO4S/c1-3-17(19)18(13-14-7-5-4-6-8-14)23(20,21)16-11-9-15(22-2)10-12-16/h3-12H,1,13H2,2H3. The number of rotatable bonds is 6. The molecule has 2 aromatic rings. The molecule has 0 aromatic heterocycles. The van der Waals surface area contributed by atoms with E-state index in [-0.39, 0.29) is 11.4 Å². The van der Waals surface area contributed by atoms with Crippen LogP contribution in [0.1, 0.15) is 5.56 Å². The fraction of sp³-hybridized carbons (Fsp3) is 0.118. The molecule has 0 heterocycles. The highest BCUT2D eigenvalue weighted by atomic mass is 32.2. The third kappa shape index (κ3) is 3.78. The van der Waals surface area contributed by atoms with Crippen LogP contribution in [0.2, 0.25) is 0 Å². The predicted molar refractivity (Wildman–Crippen MR) is 87.4 cm³/mol. The minimum atomic E-state index is -3.98. The van der Waals surface area contributed by atoms with Crippen molar-refractivity contribution in [2.24, 2.45) is 0 Å². The van der Waals surface area contributed by atoms with E-state index in [0.717, 1.165) is 10.4 Å². The summed E-state index contributed by atoms with van der Waals surface area (Å²) < 4.78 is 31.3. The third-order valence-corrected chi connectivity index (χ3v) is 4.99. The van der Waals surface area contributed by atoms with Crippen LogP contribution in [-0.2, 0) is 21.4 Å². The van der Waals surface area contributed by atoms with Crippen LogP contribution in [0.5, 0.6) is 5.75 Å². The van der Waals surface area contributed by atoms with Crippen molar-refractivity contribution in [3.05, 3.63) is 72.8 Å². The number of benzene rings is 2. The highest BCUT2D eigenvalue weighted by molar-refractivity contribution is 7.89. The molecular weight excluding hydrogens is 314 g/mol. The van der Waals surface area contributed by atoms with Crippen LogP contribution in [0, 0.1) is 0 Å². The van der Waals surface area contributed by atoms with Gasteiger partial charge in [0.2, 0.25) is 0 Å². The number of nitrogens with zero attached hydrogens (tertiary/aromatic N) is 1. The molecule has 0 saturated heterocycles. The number of carbonyl (C=O) groups excluding carboxylic acids is 1. The molecule has 2 aromatic carbocycles. The van der Waals surface area contributed by atoms with Gasteiger partial charge in [0, 0.05) is 0 Å². The van der Waals surface area contributed by atoms with E-state index in [1.54, 1.807) is 24.3 Å². The summed E-state index contributed by atoms with van der Waals surface area (Å²) in [6.07, 6.45) is 0.990. The van der Waals surface area contributed by atoms with Gasteiger partial charge in [-0.3, -0.25) is 4.79 Å². The maximum absolute atomic E-state index is 12.8. The van der Waals surface area contributed by atoms with Gasteiger partial charge < -0.3 is 4.74 Å². The molecule has 0 fully saturated rings. The van der Waals surface area contributed by atoms with Gasteiger partial charge in [0.05, 0.1) is 18.6 Å². The molecule has 0 aliphatic heterocycles. The molecule has 0 aliphatic rings. The fourth-order valence-electron chi connectivity index (χ4n) is 2.01. The van der Waals surface area contributed by atoms with E-state index in [1.165, 1.54) is 31.4 Å². The van der Waals surface area contributed by atoms with Crippen LogP contribution in [0.15, 0.2) is 72.1 Å². The maximum Gasteiger partial charge on any atom is 0.267 e. The van der Waals surface area contributed by atoms with Crippen molar-refractivity contribution in [1.29, 1.82) is 0 Å². The number of hydrogen-bond acceptors (Lipinski definition) is 4. The molecule has 5 nitrogen and oxygen atoms in total. The molecule has 0 saturated carbocycles. The summed E-state index contributed by atoms with van der Waals surface area (Å²) in [5, 5.41) is 0. The van der Waals surface area contributed by atoms with E-state index < -0.39 is 15.9 Å². The summed E-state index contributed by atoms with van der Waals surface area (Å²) >= 11 is 0. The second-order valence-corrected chi connectivity index (χ2v) is 6.58. The molecule has 0 atom stereocenters. The van der Waals surface area contributed by atoms with Crippen molar-refractivity contribution in [2.45, 2.75) is 11.4 Å². The number of sulfonamides is 1. The van der Waals surface area contributed by atoms with Crippen LogP contribution >= 0.6 is 0 Å². The van der Waals surface area contributed by atoms with Gasteiger partial charge in [0.1, 0.15) is 5.75 Å². The Morgan fingerprint density at radius 2 is 1.74 bits per heavy atom. The first-order valence-corrected chi connectivity index (χ1v) is 8.30. The Labute approximate surface area is 135 Å². The molecule has 23 heavy (non-hydrogen) atoms. The molecule has 0 spiro atoms. The average Bonchev–Trinajstić information content (AvgIpc) is 2.59. The number of carbonyl (C=O) groups is 1. The lowest BCUT2D eigenvalue weighted by atomic mass is 10.2. The van der Waals surface area contributed by atoms with Crippen molar-refractivity contribution in [3.8, 4) is 5.75 Å².